The van der Waals surface area contributed by atoms with Gasteiger partial charge in [0.05, 0.1) is 9.82 Å². The van der Waals surface area contributed by atoms with E-state index in [0.29, 0.717) is 17.2 Å². The van der Waals surface area contributed by atoms with Crippen molar-refractivity contribution in [3.05, 3.63) is 88.0 Å². The number of sulfonamides is 1. The van der Waals surface area contributed by atoms with E-state index in [0.717, 1.165) is 23.8 Å². The Morgan fingerprint density at radius 2 is 1.56 bits per heavy atom. The van der Waals surface area contributed by atoms with E-state index >= 15 is 0 Å². The van der Waals surface area contributed by atoms with Crippen LogP contribution in [0.15, 0.2) is 71.6 Å². The first kappa shape index (κ1) is 22.8. The monoisotopic (exact) mass is 455 g/mol. The van der Waals surface area contributed by atoms with Gasteiger partial charge in [0.15, 0.2) is 5.75 Å². The molecule has 3 N–H and O–H groups in total. The van der Waals surface area contributed by atoms with Crippen molar-refractivity contribution in [3.63, 3.8) is 0 Å². The highest BCUT2D eigenvalue weighted by Crippen LogP contribution is 2.29. The van der Waals surface area contributed by atoms with Gasteiger partial charge in [-0.15, -0.1) is 0 Å². The molecule has 0 atom stereocenters. The van der Waals surface area contributed by atoms with E-state index < -0.39 is 26.4 Å². The van der Waals surface area contributed by atoms with E-state index in [1.165, 1.54) is 24.3 Å². The second-order valence-electron chi connectivity index (χ2n) is 7.32. The Balaban J connectivity index is 1.72. The Morgan fingerprint density at radius 3 is 2.12 bits per heavy atom. The van der Waals surface area contributed by atoms with Crippen molar-refractivity contribution in [1.82, 2.24) is 0 Å². The summed E-state index contributed by atoms with van der Waals surface area (Å²) in [6.45, 7) is 4.15. The van der Waals surface area contributed by atoms with Crippen molar-refractivity contribution in [3.8, 4) is 5.75 Å². The Bertz CT molecular complexity index is 1250. The normalized spacial score (nSPS) is 11.2. The number of nitrogens with zero attached hydrogens (tertiary/aromatic N) is 1. The molecule has 0 saturated heterocycles. The minimum Gasteiger partial charge on any atom is -0.502 e. The molecule has 0 saturated carbocycles. The third-order valence-corrected chi connectivity index (χ3v) is 6.07. The summed E-state index contributed by atoms with van der Waals surface area (Å²) in [4.78, 5) is 22.1. The molecule has 0 aliphatic rings. The van der Waals surface area contributed by atoms with Crippen LogP contribution in [0.2, 0.25) is 0 Å². The van der Waals surface area contributed by atoms with Crippen LogP contribution in [0.1, 0.15) is 35.7 Å². The molecule has 9 nitrogen and oxygen atoms in total. The summed E-state index contributed by atoms with van der Waals surface area (Å²) in [6.07, 6.45) is 0. The molecule has 0 aliphatic heterocycles. The first-order valence-electron chi connectivity index (χ1n) is 9.58. The number of nitro groups is 1. The zero-order valence-corrected chi connectivity index (χ0v) is 18.1. The van der Waals surface area contributed by atoms with E-state index in [4.69, 9.17) is 0 Å². The smallest absolute Gasteiger partial charge is 0.312 e. The number of phenolic OH excluding ortho intramolecular Hbond substituents is 1. The lowest BCUT2D eigenvalue weighted by Crippen LogP contribution is -2.14. The number of benzene rings is 3. The number of phenols is 1. The van der Waals surface area contributed by atoms with Gasteiger partial charge < -0.3 is 10.4 Å². The minimum absolute atomic E-state index is 0.165. The summed E-state index contributed by atoms with van der Waals surface area (Å²) in [5, 5.41) is 23.2. The fourth-order valence-corrected chi connectivity index (χ4v) is 3.95. The molecule has 32 heavy (non-hydrogen) atoms. The van der Waals surface area contributed by atoms with Gasteiger partial charge in [0.2, 0.25) is 0 Å². The Kier molecular flexibility index (Phi) is 6.45. The fourth-order valence-electron chi connectivity index (χ4n) is 2.87. The molecule has 166 valence electrons. The highest BCUT2D eigenvalue weighted by molar-refractivity contribution is 7.92. The summed E-state index contributed by atoms with van der Waals surface area (Å²) in [5.74, 6) is -0.613. The zero-order chi connectivity index (χ0) is 23.5. The van der Waals surface area contributed by atoms with Crippen LogP contribution in [-0.4, -0.2) is 24.4 Å². The lowest BCUT2D eigenvalue weighted by atomic mass is 10.0. The maximum atomic E-state index is 12.5. The lowest BCUT2D eigenvalue weighted by Gasteiger charge is -2.10. The van der Waals surface area contributed by atoms with Crippen LogP contribution < -0.4 is 10.0 Å². The average molecular weight is 455 g/mol. The average Bonchev–Trinajstić information content (AvgIpc) is 2.74. The molecular formula is C22H21N3O6S. The molecule has 0 aliphatic carbocycles. The van der Waals surface area contributed by atoms with Gasteiger partial charge in [0.1, 0.15) is 0 Å². The number of hydrogen-bond donors (Lipinski definition) is 3. The van der Waals surface area contributed by atoms with Crippen LogP contribution in [0.4, 0.5) is 17.1 Å². The van der Waals surface area contributed by atoms with Crippen molar-refractivity contribution >= 4 is 33.0 Å². The van der Waals surface area contributed by atoms with Gasteiger partial charge in [-0.3, -0.25) is 19.6 Å². The quantitative estimate of drug-likeness (QED) is 0.355. The third kappa shape index (κ3) is 5.22. The predicted molar refractivity (Wildman–Crippen MR) is 120 cm³/mol. The number of carbonyl (C=O) groups is 1. The van der Waals surface area contributed by atoms with Crippen LogP contribution in [-0.2, 0) is 10.0 Å². The highest BCUT2D eigenvalue weighted by atomic mass is 32.2. The molecule has 0 unspecified atom stereocenters. The summed E-state index contributed by atoms with van der Waals surface area (Å²) in [7, 11) is -4.15. The number of anilines is 2. The molecule has 0 heterocycles. The second-order valence-corrected chi connectivity index (χ2v) is 9.00. The Labute approximate surface area is 184 Å². The number of rotatable bonds is 7. The first-order chi connectivity index (χ1) is 15.1. The number of carbonyl (C=O) groups excluding carboxylic acids is 1. The van der Waals surface area contributed by atoms with Gasteiger partial charge in [-0.1, -0.05) is 26.0 Å². The maximum Gasteiger partial charge on any atom is 0.312 e. The molecule has 1 amide bonds. The topological polar surface area (TPSA) is 139 Å². The van der Waals surface area contributed by atoms with Crippen molar-refractivity contribution in [2.75, 3.05) is 10.0 Å². The summed E-state index contributed by atoms with van der Waals surface area (Å²) < 4.78 is 27.3. The van der Waals surface area contributed by atoms with Crippen LogP contribution in [0.3, 0.4) is 0 Å². The van der Waals surface area contributed by atoms with Crippen molar-refractivity contribution in [1.29, 1.82) is 0 Å². The molecular weight excluding hydrogens is 434 g/mol. The number of amides is 1. The molecule has 3 rings (SSSR count). The molecule has 0 fully saturated rings. The summed E-state index contributed by atoms with van der Waals surface area (Å²) in [5.41, 5.74) is 1.55. The molecule has 0 radical (unpaired) electrons. The Morgan fingerprint density at radius 1 is 0.969 bits per heavy atom. The van der Waals surface area contributed by atoms with E-state index in [1.807, 2.05) is 24.3 Å². The van der Waals surface area contributed by atoms with Gasteiger partial charge in [-0.25, -0.2) is 8.42 Å². The zero-order valence-electron chi connectivity index (χ0n) is 17.3. The van der Waals surface area contributed by atoms with Gasteiger partial charge in [-0.05, 0) is 60.0 Å². The van der Waals surface area contributed by atoms with Gasteiger partial charge in [-0.2, -0.15) is 0 Å². The number of nitro benzene ring substituents is 1. The summed E-state index contributed by atoms with van der Waals surface area (Å²) in [6, 6.07) is 16.0. The molecule has 0 spiro atoms. The Hall–Kier alpha value is -3.92. The van der Waals surface area contributed by atoms with Crippen LogP contribution >= 0.6 is 0 Å². The highest BCUT2D eigenvalue weighted by Gasteiger charge is 2.21. The molecule has 0 bridgehead atoms. The minimum atomic E-state index is -4.15. The van der Waals surface area contributed by atoms with Crippen LogP contribution in [0, 0.1) is 10.1 Å². The van der Waals surface area contributed by atoms with Gasteiger partial charge in [0, 0.05) is 23.0 Å². The molecule has 3 aromatic carbocycles. The van der Waals surface area contributed by atoms with E-state index in [1.54, 1.807) is 0 Å². The van der Waals surface area contributed by atoms with Crippen molar-refractivity contribution < 1.29 is 23.2 Å². The third-order valence-electron chi connectivity index (χ3n) is 4.69. The largest absolute Gasteiger partial charge is 0.502 e. The predicted octanol–water partition coefficient (Wildman–Crippen LogP) is 4.48. The molecule has 0 aromatic heterocycles. The summed E-state index contributed by atoms with van der Waals surface area (Å²) >= 11 is 0. The fraction of sp³-hybridized carbons (Fsp3) is 0.136. The van der Waals surface area contributed by atoms with E-state index in [9.17, 15) is 28.4 Å². The lowest BCUT2D eigenvalue weighted by molar-refractivity contribution is -0.386. The van der Waals surface area contributed by atoms with Crippen LogP contribution in [0.25, 0.3) is 0 Å². The first-order valence-corrected chi connectivity index (χ1v) is 11.1. The van der Waals surface area contributed by atoms with Gasteiger partial charge in [0.25, 0.3) is 15.9 Å². The van der Waals surface area contributed by atoms with Gasteiger partial charge >= 0.3 is 5.69 Å². The van der Waals surface area contributed by atoms with E-state index in [2.05, 4.69) is 23.9 Å². The van der Waals surface area contributed by atoms with E-state index in [-0.39, 0.29) is 16.5 Å². The number of hydrogen-bond acceptors (Lipinski definition) is 6. The standard InChI is InChI=1S/C22H21N3O6S/c1-14(2)15-3-7-17(8-4-15)23-22(27)16-5-9-18(10-6-16)24-32(30,31)19-11-12-21(26)20(13-19)25(28)29/h3-14,24,26H,1-2H3,(H,23,27). The van der Waals surface area contributed by atoms with Crippen LogP contribution in [0.5, 0.6) is 5.75 Å². The number of nitrogens with one attached hydrogen (secondary N) is 2. The molecule has 3 aromatic rings. The SMILES string of the molecule is CC(C)c1ccc(NC(=O)c2ccc(NS(=O)(=O)c3ccc(O)c([N+](=O)[O-])c3)cc2)cc1. The second kappa shape index (κ2) is 9.06. The number of aromatic hydroxyl groups is 1. The van der Waals surface area contributed by atoms with Crippen molar-refractivity contribution in [2.24, 2.45) is 0 Å². The molecule has 10 heteroatoms. The van der Waals surface area contributed by atoms with Crippen molar-refractivity contribution in [2.45, 2.75) is 24.7 Å². The maximum absolute atomic E-state index is 12.5.